The van der Waals surface area contributed by atoms with Crippen LogP contribution in [-0.2, 0) is 16.0 Å². The number of nitrogens with zero attached hydrogens (tertiary/aromatic N) is 2. The van der Waals surface area contributed by atoms with E-state index in [0.717, 1.165) is 17.0 Å². The number of amidine groups is 1. The van der Waals surface area contributed by atoms with Gasteiger partial charge in [0.05, 0.1) is 12.8 Å². The van der Waals surface area contributed by atoms with Gasteiger partial charge in [0.2, 0.25) is 11.8 Å². The predicted molar refractivity (Wildman–Crippen MR) is 117 cm³/mol. The number of halogens is 1. The molecule has 0 aliphatic carbocycles. The SMILES string of the molecule is CNC(=O)C[C@H]1SC(=Nc2ccc(OC)cc2)N(CCc2ccc(Cl)cc2)C1=O. The number of carbonyl (C=O) groups is 2. The van der Waals surface area contributed by atoms with Crippen LogP contribution in [0.2, 0.25) is 5.02 Å². The summed E-state index contributed by atoms with van der Waals surface area (Å²) >= 11 is 7.27. The summed E-state index contributed by atoms with van der Waals surface area (Å²) in [6, 6.07) is 14.9. The Morgan fingerprint density at radius 2 is 1.90 bits per heavy atom. The summed E-state index contributed by atoms with van der Waals surface area (Å²) in [6.45, 7) is 0.479. The van der Waals surface area contributed by atoms with Gasteiger partial charge in [-0.05, 0) is 48.4 Å². The fraction of sp³-hybridized carbons (Fsp3) is 0.286. The summed E-state index contributed by atoms with van der Waals surface area (Å²) in [5, 5.41) is 3.38. The number of methoxy groups -OCH3 is 1. The Labute approximate surface area is 179 Å². The quantitative estimate of drug-likeness (QED) is 0.726. The monoisotopic (exact) mass is 431 g/mol. The van der Waals surface area contributed by atoms with Crippen LogP contribution in [0.4, 0.5) is 5.69 Å². The van der Waals surface area contributed by atoms with Crippen molar-refractivity contribution in [3.8, 4) is 5.75 Å². The molecule has 3 rings (SSSR count). The zero-order chi connectivity index (χ0) is 20.8. The van der Waals surface area contributed by atoms with Gasteiger partial charge >= 0.3 is 0 Å². The largest absolute Gasteiger partial charge is 0.497 e. The molecule has 6 nitrogen and oxygen atoms in total. The van der Waals surface area contributed by atoms with Gasteiger partial charge in [0, 0.05) is 25.0 Å². The van der Waals surface area contributed by atoms with Crippen LogP contribution < -0.4 is 10.1 Å². The molecule has 1 saturated heterocycles. The lowest BCUT2D eigenvalue weighted by molar-refractivity contribution is -0.129. The first-order valence-electron chi connectivity index (χ1n) is 9.16. The van der Waals surface area contributed by atoms with Crippen LogP contribution in [0.25, 0.3) is 0 Å². The highest BCUT2D eigenvalue weighted by molar-refractivity contribution is 8.15. The Morgan fingerprint density at radius 1 is 1.21 bits per heavy atom. The third-order valence-corrected chi connectivity index (χ3v) is 5.93. The van der Waals surface area contributed by atoms with E-state index in [1.54, 1.807) is 19.1 Å². The molecule has 1 aliphatic rings. The normalized spacial score (nSPS) is 17.6. The topological polar surface area (TPSA) is 71.0 Å². The smallest absolute Gasteiger partial charge is 0.242 e. The molecule has 1 N–H and O–H groups in total. The molecule has 8 heteroatoms. The van der Waals surface area contributed by atoms with Gasteiger partial charge in [-0.3, -0.25) is 14.5 Å². The molecule has 0 radical (unpaired) electrons. The molecule has 2 aromatic carbocycles. The molecule has 2 aromatic rings. The fourth-order valence-electron chi connectivity index (χ4n) is 2.86. The molecule has 2 amide bonds. The number of thioether (sulfide) groups is 1. The first kappa shape index (κ1) is 21.2. The van der Waals surface area contributed by atoms with Gasteiger partial charge in [0.15, 0.2) is 5.17 Å². The van der Waals surface area contributed by atoms with Gasteiger partial charge in [-0.2, -0.15) is 0 Å². The van der Waals surface area contributed by atoms with E-state index in [0.29, 0.717) is 23.2 Å². The highest BCUT2D eigenvalue weighted by atomic mass is 35.5. The number of aliphatic imine (C=N–C) groups is 1. The molecule has 0 spiro atoms. The van der Waals surface area contributed by atoms with E-state index in [-0.39, 0.29) is 18.2 Å². The highest BCUT2D eigenvalue weighted by Crippen LogP contribution is 2.32. The molecule has 1 aliphatic heterocycles. The van der Waals surface area contributed by atoms with Gasteiger partial charge in [-0.25, -0.2) is 4.99 Å². The molecular formula is C21H22ClN3O3S. The Kier molecular flexibility index (Phi) is 7.17. The molecule has 1 heterocycles. The second-order valence-electron chi connectivity index (χ2n) is 6.44. The predicted octanol–water partition coefficient (Wildman–Crippen LogP) is 3.66. The summed E-state index contributed by atoms with van der Waals surface area (Å²) in [5.41, 5.74) is 1.80. The van der Waals surface area contributed by atoms with Crippen molar-refractivity contribution in [2.75, 3.05) is 20.7 Å². The number of amides is 2. The van der Waals surface area contributed by atoms with Crippen molar-refractivity contribution in [2.45, 2.75) is 18.1 Å². The standard InChI is InChI=1S/C21H22ClN3O3S/c1-23-19(26)13-18-20(27)25(12-11-14-3-5-15(22)6-4-14)21(29-18)24-16-7-9-17(28-2)10-8-16/h3-10,18H,11-13H2,1-2H3,(H,23,26)/t18-/m1/s1. The first-order chi connectivity index (χ1) is 14.0. The second kappa shape index (κ2) is 9.80. The van der Waals surface area contributed by atoms with Crippen LogP contribution in [0.1, 0.15) is 12.0 Å². The number of ether oxygens (including phenoxy) is 1. The number of nitrogens with one attached hydrogen (secondary N) is 1. The van der Waals surface area contributed by atoms with Crippen molar-refractivity contribution >= 4 is 46.0 Å². The van der Waals surface area contributed by atoms with E-state index < -0.39 is 5.25 Å². The molecule has 152 valence electrons. The molecule has 1 fully saturated rings. The third kappa shape index (κ3) is 5.52. The Balaban J connectivity index is 1.80. The van der Waals surface area contributed by atoms with Crippen LogP contribution in [0.5, 0.6) is 5.75 Å². The Morgan fingerprint density at radius 3 is 2.52 bits per heavy atom. The summed E-state index contributed by atoms with van der Waals surface area (Å²) in [5.74, 6) is 0.472. The van der Waals surface area contributed by atoms with Crippen molar-refractivity contribution < 1.29 is 14.3 Å². The number of benzene rings is 2. The zero-order valence-electron chi connectivity index (χ0n) is 16.2. The molecular weight excluding hydrogens is 410 g/mol. The minimum Gasteiger partial charge on any atom is -0.497 e. The summed E-state index contributed by atoms with van der Waals surface area (Å²) < 4.78 is 5.17. The van der Waals surface area contributed by atoms with Crippen molar-refractivity contribution in [3.63, 3.8) is 0 Å². The zero-order valence-corrected chi connectivity index (χ0v) is 17.8. The lowest BCUT2D eigenvalue weighted by Crippen LogP contribution is -2.35. The van der Waals surface area contributed by atoms with E-state index >= 15 is 0 Å². The molecule has 0 unspecified atom stereocenters. The molecule has 0 saturated carbocycles. The fourth-order valence-corrected chi connectivity index (χ4v) is 4.17. The number of hydrogen-bond acceptors (Lipinski definition) is 5. The van der Waals surface area contributed by atoms with E-state index in [1.165, 1.54) is 11.8 Å². The number of rotatable bonds is 7. The minimum absolute atomic E-state index is 0.0974. The van der Waals surface area contributed by atoms with Crippen LogP contribution >= 0.6 is 23.4 Å². The van der Waals surface area contributed by atoms with Crippen molar-refractivity contribution in [2.24, 2.45) is 4.99 Å². The van der Waals surface area contributed by atoms with Crippen molar-refractivity contribution in [1.82, 2.24) is 10.2 Å². The average Bonchev–Trinajstić information content (AvgIpc) is 3.02. The van der Waals surface area contributed by atoms with Crippen LogP contribution in [0.3, 0.4) is 0 Å². The first-order valence-corrected chi connectivity index (χ1v) is 10.4. The van der Waals surface area contributed by atoms with E-state index in [2.05, 4.69) is 10.3 Å². The molecule has 29 heavy (non-hydrogen) atoms. The average molecular weight is 432 g/mol. The van der Waals surface area contributed by atoms with Crippen LogP contribution in [-0.4, -0.2) is 47.8 Å². The maximum Gasteiger partial charge on any atom is 0.242 e. The summed E-state index contributed by atoms with van der Waals surface area (Å²) in [4.78, 5) is 31.1. The summed E-state index contributed by atoms with van der Waals surface area (Å²) in [6.07, 6.45) is 0.789. The van der Waals surface area contributed by atoms with E-state index in [9.17, 15) is 9.59 Å². The van der Waals surface area contributed by atoms with Gasteiger partial charge in [0.1, 0.15) is 11.0 Å². The minimum atomic E-state index is -0.475. The van der Waals surface area contributed by atoms with Crippen LogP contribution in [0, 0.1) is 0 Å². The van der Waals surface area contributed by atoms with Gasteiger partial charge in [-0.1, -0.05) is 35.5 Å². The summed E-state index contributed by atoms with van der Waals surface area (Å²) in [7, 11) is 3.17. The third-order valence-electron chi connectivity index (χ3n) is 4.50. The number of carbonyl (C=O) groups excluding carboxylic acids is 2. The highest BCUT2D eigenvalue weighted by Gasteiger charge is 2.38. The Hall–Kier alpha value is -2.51. The maximum atomic E-state index is 12.9. The molecule has 1 atom stereocenters. The van der Waals surface area contributed by atoms with Crippen LogP contribution in [0.15, 0.2) is 53.5 Å². The van der Waals surface area contributed by atoms with Gasteiger partial charge in [0.25, 0.3) is 0 Å². The maximum absolute atomic E-state index is 12.9. The molecule has 0 aromatic heterocycles. The van der Waals surface area contributed by atoms with E-state index in [4.69, 9.17) is 16.3 Å². The number of hydrogen-bond donors (Lipinski definition) is 1. The van der Waals surface area contributed by atoms with Gasteiger partial charge < -0.3 is 10.1 Å². The lowest BCUT2D eigenvalue weighted by Gasteiger charge is -2.16. The molecule has 0 bridgehead atoms. The van der Waals surface area contributed by atoms with Gasteiger partial charge in [-0.15, -0.1) is 0 Å². The Bertz CT molecular complexity index is 900. The second-order valence-corrected chi connectivity index (χ2v) is 8.05. The van der Waals surface area contributed by atoms with E-state index in [1.807, 2.05) is 48.5 Å². The van der Waals surface area contributed by atoms with Crippen molar-refractivity contribution in [1.29, 1.82) is 0 Å². The van der Waals surface area contributed by atoms with Crippen molar-refractivity contribution in [3.05, 3.63) is 59.1 Å². The lowest BCUT2D eigenvalue weighted by atomic mass is 10.1.